The third-order valence-electron chi connectivity index (χ3n) is 9.67. The highest BCUT2D eigenvalue weighted by atomic mass is 16.5. The molecule has 0 aliphatic rings. The van der Waals surface area contributed by atoms with Crippen LogP contribution in [-0.4, -0.2) is 19.1 Å². The summed E-state index contributed by atoms with van der Waals surface area (Å²) in [7, 11) is 0. The van der Waals surface area contributed by atoms with E-state index >= 15 is 0 Å². The zero-order chi connectivity index (χ0) is 34.5. The van der Waals surface area contributed by atoms with Gasteiger partial charge in [-0.15, -0.1) is 0 Å². The highest BCUT2D eigenvalue weighted by Gasteiger charge is 2.19. The molecule has 3 aromatic heterocycles. The highest BCUT2D eigenvalue weighted by molar-refractivity contribution is 6.10. The lowest BCUT2D eigenvalue weighted by Crippen LogP contribution is -2.12. The Labute approximate surface area is 297 Å². The standard InChI is InChI=1S/C46H36N4O/c1-46(2,3)35-23-24-47-45(27-35)50-42-22-19-34(33-14-9-13-32(25-33)31-11-5-4-6-12-31)26-40(42)39-21-20-38(29-44(39)50)51-37-16-10-15-36(28-37)49-30-48-41-17-7-8-18-43(41)49/h4-30H,1-3H3. The van der Waals surface area contributed by atoms with Crippen LogP contribution in [0, 0.1) is 0 Å². The first-order valence-corrected chi connectivity index (χ1v) is 17.3. The molecule has 5 heteroatoms. The molecule has 0 aliphatic carbocycles. The SMILES string of the molecule is CC(C)(C)c1ccnc(-n2c3ccc(-c4cccc(-c5ccccc5)c4)cc3c3ccc(Oc4cccc(-n5cnc6ccccc65)c4)cc32)c1. The van der Waals surface area contributed by atoms with Crippen molar-refractivity contribution >= 4 is 32.8 Å². The Morgan fingerprint density at radius 3 is 2.12 bits per heavy atom. The highest BCUT2D eigenvalue weighted by Crippen LogP contribution is 2.38. The first-order valence-electron chi connectivity index (χ1n) is 17.3. The van der Waals surface area contributed by atoms with Crippen molar-refractivity contribution in [3.63, 3.8) is 0 Å². The third kappa shape index (κ3) is 5.63. The number of fused-ring (bicyclic) bond motifs is 4. The van der Waals surface area contributed by atoms with Crippen molar-refractivity contribution in [1.29, 1.82) is 0 Å². The van der Waals surface area contributed by atoms with E-state index < -0.39 is 0 Å². The largest absolute Gasteiger partial charge is 0.457 e. The Morgan fingerprint density at radius 2 is 1.25 bits per heavy atom. The zero-order valence-electron chi connectivity index (χ0n) is 28.8. The maximum atomic E-state index is 6.58. The van der Waals surface area contributed by atoms with Crippen molar-refractivity contribution in [2.75, 3.05) is 0 Å². The molecule has 0 atom stereocenters. The molecule has 3 heterocycles. The summed E-state index contributed by atoms with van der Waals surface area (Å²) in [6.07, 6.45) is 3.78. The van der Waals surface area contributed by atoms with Crippen molar-refractivity contribution in [3.8, 4) is 45.3 Å². The van der Waals surface area contributed by atoms with Crippen LogP contribution >= 0.6 is 0 Å². The molecule has 0 radical (unpaired) electrons. The van der Waals surface area contributed by atoms with Crippen LogP contribution in [0.5, 0.6) is 11.5 Å². The molecule has 9 aromatic rings. The lowest BCUT2D eigenvalue weighted by Gasteiger charge is -2.20. The Hall–Kier alpha value is -6.46. The molecular formula is C46H36N4O. The lowest BCUT2D eigenvalue weighted by molar-refractivity contribution is 0.483. The van der Waals surface area contributed by atoms with Gasteiger partial charge >= 0.3 is 0 Å². The second kappa shape index (κ2) is 12.1. The van der Waals surface area contributed by atoms with Crippen molar-refractivity contribution in [3.05, 3.63) is 170 Å². The fourth-order valence-corrected chi connectivity index (χ4v) is 7.00. The van der Waals surface area contributed by atoms with Crippen LogP contribution in [0.2, 0.25) is 0 Å². The molecule has 0 fully saturated rings. The van der Waals surface area contributed by atoms with Crippen LogP contribution in [0.25, 0.3) is 66.6 Å². The van der Waals surface area contributed by atoms with Crippen LogP contribution in [0.15, 0.2) is 164 Å². The Bertz CT molecular complexity index is 2710. The van der Waals surface area contributed by atoms with Gasteiger partial charge in [0.15, 0.2) is 0 Å². The maximum absolute atomic E-state index is 6.58. The van der Waals surface area contributed by atoms with Gasteiger partial charge in [0.05, 0.1) is 27.8 Å². The van der Waals surface area contributed by atoms with Crippen molar-refractivity contribution < 1.29 is 4.74 Å². The van der Waals surface area contributed by atoms with Crippen molar-refractivity contribution in [1.82, 2.24) is 19.1 Å². The summed E-state index contributed by atoms with van der Waals surface area (Å²) in [6.45, 7) is 6.71. The summed E-state index contributed by atoms with van der Waals surface area (Å²) < 4.78 is 10.9. The van der Waals surface area contributed by atoms with E-state index in [0.717, 1.165) is 55.8 Å². The molecule has 0 unspecified atom stereocenters. The molecule has 0 saturated carbocycles. The van der Waals surface area contributed by atoms with Gasteiger partial charge in [-0.3, -0.25) is 9.13 Å². The molecule has 246 valence electrons. The predicted molar refractivity (Wildman–Crippen MR) is 209 cm³/mol. The molecule has 0 amide bonds. The molecule has 0 aliphatic heterocycles. The molecule has 9 rings (SSSR count). The minimum atomic E-state index is -0.0206. The van der Waals surface area contributed by atoms with Gasteiger partial charge in [0.1, 0.15) is 23.6 Å². The molecule has 0 saturated heterocycles. The number of rotatable bonds is 6. The molecule has 5 nitrogen and oxygen atoms in total. The number of benzene rings is 6. The molecule has 51 heavy (non-hydrogen) atoms. The number of hydrogen-bond acceptors (Lipinski definition) is 3. The summed E-state index contributed by atoms with van der Waals surface area (Å²) in [4.78, 5) is 9.49. The number of para-hydroxylation sites is 2. The Balaban J connectivity index is 1.17. The summed E-state index contributed by atoms with van der Waals surface area (Å²) in [5, 5.41) is 2.30. The fraction of sp³-hybridized carbons (Fsp3) is 0.0870. The Morgan fingerprint density at radius 1 is 0.510 bits per heavy atom. The van der Waals surface area contributed by atoms with Gasteiger partial charge in [-0.2, -0.15) is 0 Å². The van der Waals surface area contributed by atoms with E-state index in [4.69, 9.17) is 9.72 Å². The average molecular weight is 661 g/mol. The summed E-state index contributed by atoms with van der Waals surface area (Å²) in [5.41, 5.74) is 11.1. The molecular weight excluding hydrogens is 625 g/mol. The summed E-state index contributed by atoms with van der Waals surface area (Å²) >= 11 is 0. The second-order valence-electron chi connectivity index (χ2n) is 14.0. The van der Waals surface area contributed by atoms with E-state index in [2.05, 4.69) is 156 Å². The maximum Gasteiger partial charge on any atom is 0.137 e. The number of hydrogen-bond donors (Lipinski definition) is 0. The number of aromatic nitrogens is 4. The van der Waals surface area contributed by atoms with E-state index in [1.807, 2.05) is 42.9 Å². The monoisotopic (exact) mass is 660 g/mol. The normalized spacial score (nSPS) is 11.8. The van der Waals surface area contributed by atoms with Crippen LogP contribution in [0.3, 0.4) is 0 Å². The van der Waals surface area contributed by atoms with Gasteiger partial charge in [0.25, 0.3) is 0 Å². The molecule has 6 aromatic carbocycles. The number of pyridine rings is 1. The molecule has 0 spiro atoms. The minimum Gasteiger partial charge on any atom is -0.457 e. The quantitative estimate of drug-likeness (QED) is 0.178. The molecule has 0 bridgehead atoms. The van der Waals surface area contributed by atoms with E-state index in [1.54, 1.807) is 0 Å². The van der Waals surface area contributed by atoms with Crippen LogP contribution < -0.4 is 4.74 Å². The predicted octanol–water partition coefficient (Wildman–Crippen LogP) is 11.9. The van der Waals surface area contributed by atoms with Crippen LogP contribution in [0.1, 0.15) is 26.3 Å². The van der Waals surface area contributed by atoms with Crippen molar-refractivity contribution in [2.24, 2.45) is 0 Å². The number of nitrogens with zero attached hydrogens (tertiary/aromatic N) is 4. The first-order chi connectivity index (χ1) is 24.9. The van der Waals surface area contributed by atoms with Gasteiger partial charge in [-0.1, -0.05) is 93.6 Å². The fourth-order valence-electron chi connectivity index (χ4n) is 7.00. The zero-order valence-corrected chi connectivity index (χ0v) is 28.8. The van der Waals surface area contributed by atoms with Crippen LogP contribution in [-0.2, 0) is 5.41 Å². The van der Waals surface area contributed by atoms with Crippen LogP contribution in [0.4, 0.5) is 0 Å². The topological polar surface area (TPSA) is 44.9 Å². The number of imidazole rings is 1. The van der Waals surface area contributed by atoms with E-state index in [0.29, 0.717) is 0 Å². The van der Waals surface area contributed by atoms with E-state index in [1.165, 1.54) is 27.8 Å². The van der Waals surface area contributed by atoms with Gasteiger partial charge in [-0.05, 0) is 100.0 Å². The third-order valence-corrected chi connectivity index (χ3v) is 9.67. The molecule has 0 N–H and O–H groups in total. The van der Waals surface area contributed by atoms with Gasteiger partial charge < -0.3 is 4.74 Å². The average Bonchev–Trinajstić information content (AvgIpc) is 3.74. The lowest BCUT2D eigenvalue weighted by atomic mass is 9.88. The van der Waals surface area contributed by atoms with Gasteiger partial charge in [-0.25, -0.2) is 9.97 Å². The summed E-state index contributed by atoms with van der Waals surface area (Å²) in [5.74, 6) is 2.38. The Kier molecular flexibility index (Phi) is 7.29. The second-order valence-corrected chi connectivity index (χ2v) is 14.0. The van der Waals surface area contributed by atoms with Gasteiger partial charge in [0.2, 0.25) is 0 Å². The number of ether oxygens (including phenoxy) is 1. The van der Waals surface area contributed by atoms with E-state index in [-0.39, 0.29) is 5.41 Å². The smallest absolute Gasteiger partial charge is 0.137 e. The van der Waals surface area contributed by atoms with E-state index in [9.17, 15) is 0 Å². The minimum absolute atomic E-state index is 0.0206. The first kappa shape index (κ1) is 30.6. The van der Waals surface area contributed by atoms with Gasteiger partial charge in [0, 0.05) is 29.1 Å². The summed E-state index contributed by atoms with van der Waals surface area (Å²) in [6, 6.07) is 53.1. The van der Waals surface area contributed by atoms with Crippen molar-refractivity contribution in [2.45, 2.75) is 26.2 Å².